The lowest BCUT2D eigenvalue weighted by atomic mass is 10.1. The van der Waals surface area contributed by atoms with Gasteiger partial charge in [-0.25, -0.2) is 4.79 Å². The van der Waals surface area contributed by atoms with Crippen molar-refractivity contribution in [2.45, 2.75) is 19.9 Å². The number of carboxylic acids is 1. The lowest BCUT2D eigenvalue weighted by molar-refractivity contribution is 0.0694. The number of carbonyl (C=O) groups is 1. The van der Waals surface area contributed by atoms with Gasteiger partial charge in [0.2, 0.25) is 0 Å². The van der Waals surface area contributed by atoms with Crippen LogP contribution in [0.25, 0.3) is 11.3 Å². The minimum Gasteiger partial charge on any atom is -0.477 e. The normalized spacial score (nSPS) is 10.7. The van der Waals surface area contributed by atoms with E-state index in [2.05, 4.69) is 0 Å². The minimum atomic E-state index is -1.20. The summed E-state index contributed by atoms with van der Waals surface area (Å²) >= 11 is 0. The molecule has 1 aromatic carbocycles. The molecule has 0 saturated carbocycles. The van der Waals surface area contributed by atoms with Crippen molar-refractivity contribution >= 4 is 5.97 Å². The van der Waals surface area contributed by atoms with Crippen LogP contribution in [0.1, 0.15) is 30.2 Å². The van der Waals surface area contributed by atoms with E-state index in [0.717, 1.165) is 11.3 Å². The molecular weight excluding hydrogens is 242 g/mol. The first-order chi connectivity index (χ1) is 9.02. The van der Waals surface area contributed by atoms with Crippen LogP contribution >= 0.6 is 0 Å². The quantitative estimate of drug-likeness (QED) is 0.919. The molecule has 2 rings (SSSR count). The molecule has 0 spiro atoms. The highest BCUT2D eigenvalue weighted by molar-refractivity contribution is 5.87. The van der Waals surface area contributed by atoms with Gasteiger partial charge in [0.15, 0.2) is 0 Å². The molecule has 0 aliphatic rings. The summed E-state index contributed by atoms with van der Waals surface area (Å²) in [4.78, 5) is 23.3. The lowest BCUT2D eigenvalue weighted by Gasteiger charge is -2.17. The molecule has 98 valence electrons. The maximum atomic E-state index is 12.2. The van der Waals surface area contributed by atoms with Gasteiger partial charge in [0.25, 0.3) is 5.56 Å². The number of aromatic carboxylic acids is 1. The van der Waals surface area contributed by atoms with Gasteiger partial charge in [0, 0.05) is 6.04 Å². The Balaban J connectivity index is 2.74. The van der Waals surface area contributed by atoms with E-state index in [0.29, 0.717) is 0 Å². The summed E-state index contributed by atoms with van der Waals surface area (Å²) in [6.07, 6.45) is 0. The monoisotopic (exact) mass is 257 g/mol. The highest BCUT2D eigenvalue weighted by Gasteiger charge is 2.16. The number of hydrogen-bond acceptors (Lipinski definition) is 2. The van der Waals surface area contributed by atoms with Crippen LogP contribution in [0, 0.1) is 0 Å². The van der Waals surface area contributed by atoms with E-state index in [-0.39, 0.29) is 11.6 Å². The van der Waals surface area contributed by atoms with Crippen molar-refractivity contribution < 1.29 is 9.90 Å². The number of carboxylic acid groups (broad SMARTS) is 1. The second-order valence-corrected chi connectivity index (χ2v) is 4.57. The summed E-state index contributed by atoms with van der Waals surface area (Å²) in [7, 11) is 0. The summed E-state index contributed by atoms with van der Waals surface area (Å²) < 4.78 is 1.51. The summed E-state index contributed by atoms with van der Waals surface area (Å²) in [5.41, 5.74) is 0.952. The molecule has 19 heavy (non-hydrogen) atoms. The largest absolute Gasteiger partial charge is 0.477 e. The van der Waals surface area contributed by atoms with Gasteiger partial charge in [-0.1, -0.05) is 30.3 Å². The molecule has 0 unspecified atom stereocenters. The molecule has 0 saturated heterocycles. The summed E-state index contributed by atoms with van der Waals surface area (Å²) in [6, 6.07) is 12.4. The van der Waals surface area contributed by atoms with E-state index in [1.807, 2.05) is 44.2 Å². The Morgan fingerprint density at radius 3 is 2.26 bits per heavy atom. The molecule has 0 aliphatic heterocycles. The smallest absolute Gasteiger partial charge is 0.341 e. The molecule has 1 N–H and O–H groups in total. The fourth-order valence-corrected chi connectivity index (χ4v) is 2.07. The van der Waals surface area contributed by atoms with Gasteiger partial charge in [0.1, 0.15) is 5.56 Å². The molecule has 0 bridgehead atoms. The van der Waals surface area contributed by atoms with Crippen LogP contribution in [-0.4, -0.2) is 15.6 Å². The Bertz CT molecular complexity index is 657. The number of rotatable bonds is 3. The number of pyridine rings is 1. The molecule has 0 aliphatic carbocycles. The van der Waals surface area contributed by atoms with Gasteiger partial charge in [0.05, 0.1) is 5.69 Å². The summed E-state index contributed by atoms with van der Waals surface area (Å²) in [5, 5.41) is 9.02. The number of aromatic nitrogens is 1. The third kappa shape index (κ3) is 2.42. The molecular formula is C15H15NO3. The molecule has 4 heteroatoms. The van der Waals surface area contributed by atoms with Crippen LogP contribution in [0.3, 0.4) is 0 Å². The van der Waals surface area contributed by atoms with Crippen LogP contribution in [0.15, 0.2) is 47.3 Å². The first-order valence-corrected chi connectivity index (χ1v) is 6.06. The lowest BCUT2D eigenvalue weighted by Crippen LogP contribution is -2.28. The van der Waals surface area contributed by atoms with Crippen LogP contribution in [0.5, 0.6) is 0 Å². The average Bonchev–Trinajstić information content (AvgIpc) is 2.38. The van der Waals surface area contributed by atoms with Gasteiger partial charge in [-0.05, 0) is 31.5 Å². The van der Waals surface area contributed by atoms with Crippen LogP contribution in [0.2, 0.25) is 0 Å². The predicted octanol–water partition coefficient (Wildman–Crippen LogP) is 2.79. The molecule has 1 aromatic heterocycles. The van der Waals surface area contributed by atoms with E-state index in [1.54, 1.807) is 6.07 Å². The molecule has 0 fully saturated rings. The third-order valence-corrected chi connectivity index (χ3v) is 2.93. The van der Waals surface area contributed by atoms with Crippen LogP contribution in [-0.2, 0) is 0 Å². The van der Waals surface area contributed by atoms with E-state index in [1.165, 1.54) is 10.6 Å². The number of nitrogens with zero attached hydrogens (tertiary/aromatic N) is 1. The van der Waals surface area contributed by atoms with Crippen LogP contribution in [0.4, 0.5) is 0 Å². The zero-order chi connectivity index (χ0) is 14.0. The van der Waals surface area contributed by atoms with Crippen molar-refractivity contribution in [2.75, 3.05) is 0 Å². The van der Waals surface area contributed by atoms with E-state index >= 15 is 0 Å². The van der Waals surface area contributed by atoms with Gasteiger partial charge in [-0.15, -0.1) is 0 Å². The predicted molar refractivity (Wildman–Crippen MR) is 73.5 cm³/mol. The summed E-state index contributed by atoms with van der Waals surface area (Å²) in [5.74, 6) is -1.20. The molecule has 0 radical (unpaired) electrons. The van der Waals surface area contributed by atoms with Crippen molar-refractivity contribution in [3.05, 3.63) is 58.4 Å². The third-order valence-electron chi connectivity index (χ3n) is 2.93. The average molecular weight is 257 g/mol. The Morgan fingerprint density at radius 1 is 1.11 bits per heavy atom. The van der Waals surface area contributed by atoms with Crippen molar-refractivity contribution in [1.82, 2.24) is 4.57 Å². The zero-order valence-corrected chi connectivity index (χ0v) is 10.8. The van der Waals surface area contributed by atoms with E-state index in [4.69, 9.17) is 5.11 Å². The maximum Gasteiger partial charge on any atom is 0.341 e. The highest BCUT2D eigenvalue weighted by atomic mass is 16.4. The number of benzene rings is 1. The maximum absolute atomic E-state index is 12.2. The molecule has 2 aromatic rings. The molecule has 0 amide bonds. The first kappa shape index (κ1) is 13.1. The van der Waals surface area contributed by atoms with Gasteiger partial charge in [-0.2, -0.15) is 0 Å². The SMILES string of the molecule is CC(C)n1c(-c2ccccc2)ccc(C(=O)O)c1=O. The Labute approximate surface area is 110 Å². The topological polar surface area (TPSA) is 59.3 Å². The van der Waals surface area contributed by atoms with E-state index in [9.17, 15) is 9.59 Å². The van der Waals surface area contributed by atoms with Crippen molar-refractivity contribution in [3.63, 3.8) is 0 Å². The standard InChI is InChI=1S/C15H15NO3/c1-10(2)16-13(11-6-4-3-5-7-11)9-8-12(14(16)17)15(18)19/h3-10H,1-2H3,(H,18,19). The number of hydrogen-bond donors (Lipinski definition) is 1. The van der Waals surface area contributed by atoms with Crippen molar-refractivity contribution in [1.29, 1.82) is 0 Å². The van der Waals surface area contributed by atoms with Gasteiger partial charge >= 0.3 is 5.97 Å². The van der Waals surface area contributed by atoms with E-state index < -0.39 is 11.5 Å². The second kappa shape index (κ2) is 5.10. The Hall–Kier alpha value is -2.36. The van der Waals surface area contributed by atoms with Crippen molar-refractivity contribution in [3.8, 4) is 11.3 Å². The highest BCUT2D eigenvalue weighted by Crippen LogP contribution is 2.20. The summed E-state index contributed by atoms with van der Waals surface area (Å²) in [6.45, 7) is 3.72. The molecule has 1 heterocycles. The minimum absolute atomic E-state index is 0.109. The fourth-order valence-electron chi connectivity index (χ4n) is 2.07. The van der Waals surface area contributed by atoms with Gasteiger partial charge < -0.3 is 9.67 Å². The zero-order valence-electron chi connectivity index (χ0n) is 10.8. The molecule has 4 nitrogen and oxygen atoms in total. The molecule has 0 atom stereocenters. The fraction of sp³-hybridized carbons (Fsp3) is 0.200. The van der Waals surface area contributed by atoms with Crippen LogP contribution < -0.4 is 5.56 Å². The first-order valence-electron chi connectivity index (χ1n) is 6.06. The van der Waals surface area contributed by atoms with Gasteiger partial charge in [-0.3, -0.25) is 4.79 Å². The Kier molecular flexibility index (Phi) is 3.51. The second-order valence-electron chi connectivity index (χ2n) is 4.57. The Morgan fingerprint density at radius 2 is 1.74 bits per heavy atom. The van der Waals surface area contributed by atoms with Crippen molar-refractivity contribution in [2.24, 2.45) is 0 Å².